The van der Waals surface area contributed by atoms with Gasteiger partial charge in [-0.3, -0.25) is 9.36 Å². The van der Waals surface area contributed by atoms with E-state index in [0.29, 0.717) is 23.8 Å². The Morgan fingerprint density at radius 2 is 2.04 bits per heavy atom. The third kappa shape index (κ3) is 3.25. The van der Waals surface area contributed by atoms with Crippen LogP contribution in [0.3, 0.4) is 0 Å². The van der Waals surface area contributed by atoms with Crippen LogP contribution in [-0.4, -0.2) is 38.5 Å². The quantitative estimate of drug-likeness (QED) is 0.766. The molecule has 1 fully saturated rings. The molecule has 0 bridgehead atoms. The molecule has 1 amide bonds. The third-order valence-electron chi connectivity index (χ3n) is 4.42. The van der Waals surface area contributed by atoms with Crippen LogP contribution in [0.2, 0.25) is 5.02 Å². The van der Waals surface area contributed by atoms with Crippen molar-refractivity contribution in [2.45, 2.75) is 6.92 Å². The number of imidazole rings is 1. The van der Waals surface area contributed by atoms with E-state index in [-0.39, 0.29) is 11.8 Å². The lowest BCUT2D eigenvalue weighted by atomic mass is 9.99. The van der Waals surface area contributed by atoms with Gasteiger partial charge in [-0.2, -0.15) is 0 Å². The lowest BCUT2D eigenvalue weighted by Crippen LogP contribution is -2.52. The van der Waals surface area contributed by atoms with Gasteiger partial charge >= 0.3 is 0 Å². The first-order valence-electron chi connectivity index (χ1n) is 8.22. The fraction of sp³-hybridized carbons (Fsp3) is 0.222. The Labute approximate surface area is 155 Å². The summed E-state index contributed by atoms with van der Waals surface area (Å²) in [5, 5.41) is 3.57. The van der Waals surface area contributed by atoms with Crippen molar-refractivity contribution in [1.29, 1.82) is 0 Å². The van der Waals surface area contributed by atoms with E-state index in [9.17, 15) is 4.79 Å². The molecule has 0 aliphatic carbocycles. The number of rotatable bonds is 4. The molecule has 1 aliphatic heterocycles. The van der Waals surface area contributed by atoms with E-state index in [4.69, 9.17) is 11.6 Å². The van der Waals surface area contributed by atoms with Crippen LogP contribution in [0, 0.1) is 12.8 Å². The summed E-state index contributed by atoms with van der Waals surface area (Å²) in [6.45, 7) is 3.16. The molecular weight excluding hydrogens is 352 g/mol. The molecule has 1 aliphatic rings. The fourth-order valence-electron chi connectivity index (χ4n) is 2.79. The average Bonchev–Trinajstić information content (AvgIpc) is 3.12. The number of aryl methyl sites for hydroxylation is 1. The normalized spacial score (nSPS) is 14.2. The summed E-state index contributed by atoms with van der Waals surface area (Å²) in [4.78, 5) is 27.0. The van der Waals surface area contributed by atoms with Gasteiger partial charge < -0.3 is 10.2 Å². The number of amides is 1. The first-order valence-corrected chi connectivity index (χ1v) is 8.60. The molecule has 132 valence electrons. The second-order valence-electron chi connectivity index (χ2n) is 6.26. The predicted octanol–water partition coefficient (Wildman–Crippen LogP) is 2.70. The molecule has 8 heteroatoms. The van der Waals surface area contributed by atoms with Crippen molar-refractivity contribution in [1.82, 2.24) is 19.5 Å². The Morgan fingerprint density at radius 3 is 2.77 bits per heavy atom. The number of anilines is 2. The monoisotopic (exact) mass is 368 g/mol. The van der Waals surface area contributed by atoms with Gasteiger partial charge in [-0.15, -0.1) is 0 Å². The van der Waals surface area contributed by atoms with Gasteiger partial charge in [-0.05, 0) is 24.6 Å². The third-order valence-corrected chi connectivity index (χ3v) is 4.83. The van der Waals surface area contributed by atoms with Crippen molar-refractivity contribution in [3.8, 4) is 5.82 Å². The molecule has 0 unspecified atom stereocenters. The average molecular weight is 369 g/mol. The summed E-state index contributed by atoms with van der Waals surface area (Å²) < 4.78 is 1.82. The first kappa shape index (κ1) is 16.5. The summed E-state index contributed by atoms with van der Waals surface area (Å²) in [5.41, 5.74) is 1.70. The van der Waals surface area contributed by atoms with E-state index in [0.717, 1.165) is 17.2 Å². The van der Waals surface area contributed by atoms with Gasteiger partial charge in [0.15, 0.2) is 0 Å². The number of aromatic nitrogens is 4. The van der Waals surface area contributed by atoms with Gasteiger partial charge in [0.2, 0.25) is 5.91 Å². The molecule has 0 atom stereocenters. The lowest BCUT2D eigenvalue weighted by Gasteiger charge is -2.39. The molecule has 1 aromatic carbocycles. The van der Waals surface area contributed by atoms with Crippen molar-refractivity contribution in [2.24, 2.45) is 5.92 Å². The van der Waals surface area contributed by atoms with Crippen molar-refractivity contribution in [2.75, 3.05) is 23.3 Å². The molecule has 1 N–H and O–H groups in total. The standard InChI is InChI=1S/C18H17ClN6O/c1-12-2-3-14(6-15(12)19)23-18(26)13-8-25(9-13)17-7-16(21-10-22-17)24-5-4-20-11-24/h2-7,10-11,13H,8-9H2,1H3,(H,23,26). The van der Waals surface area contributed by atoms with Crippen molar-refractivity contribution in [3.05, 3.63) is 59.9 Å². The summed E-state index contributed by atoms with van der Waals surface area (Å²) >= 11 is 6.10. The summed E-state index contributed by atoms with van der Waals surface area (Å²) in [7, 11) is 0. The van der Waals surface area contributed by atoms with E-state index in [1.807, 2.05) is 35.9 Å². The lowest BCUT2D eigenvalue weighted by molar-refractivity contribution is -0.120. The van der Waals surface area contributed by atoms with Crippen LogP contribution in [0.4, 0.5) is 11.5 Å². The largest absolute Gasteiger partial charge is 0.355 e. The zero-order chi connectivity index (χ0) is 18.1. The van der Waals surface area contributed by atoms with Crippen molar-refractivity contribution >= 4 is 29.0 Å². The van der Waals surface area contributed by atoms with Crippen molar-refractivity contribution < 1.29 is 4.79 Å². The molecule has 2 aromatic heterocycles. The number of hydrogen-bond donors (Lipinski definition) is 1. The van der Waals surface area contributed by atoms with Crippen LogP contribution in [0.1, 0.15) is 5.56 Å². The van der Waals surface area contributed by atoms with Gasteiger partial charge in [0.05, 0.1) is 5.92 Å². The zero-order valence-corrected chi connectivity index (χ0v) is 14.9. The predicted molar refractivity (Wildman–Crippen MR) is 99.7 cm³/mol. The second-order valence-corrected chi connectivity index (χ2v) is 6.67. The number of halogens is 1. The fourth-order valence-corrected chi connectivity index (χ4v) is 2.97. The van der Waals surface area contributed by atoms with Gasteiger partial charge in [0.1, 0.15) is 24.3 Å². The van der Waals surface area contributed by atoms with Gasteiger partial charge in [0, 0.05) is 42.3 Å². The van der Waals surface area contributed by atoms with E-state index in [1.54, 1.807) is 18.6 Å². The molecule has 3 aromatic rings. The minimum Gasteiger partial charge on any atom is -0.355 e. The zero-order valence-electron chi connectivity index (χ0n) is 14.1. The van der Waals surface area contributed by atoms with E-state index in [1.165, 1.54) is 6.33 Å². The van der Waals surface area contributed by atoms with Gasteiger partial charge in [0.25, 0.3) is 0 Å². The van der Waals surface area contributed by atoms with Crippen molar-refractivity contribution in [3.63, 3.8) is 0 Å². The number of nitrogens with zero attached hydrogens (tertiary/aromatic N) is 5. The molecule has 0 saturated carbocycles. The smallest absolute Gasteiger partial charge is 0.231 e. The molecule has 1 saturated heterocycles. The number of carbonyl (C=O) groups excluding carboxylic acids is 1. The minimum atomic E-state index is -0.0817. The molecule has 0 radical (unpaired) electrons. The molecule has 4 rings (SSSR count). The molecule has 26 heavy (non-hydrogen) atoms. The highest BCUT2D eigenvalue weighted by atomic mass is 35.5. The summed E-state index contributed by atoms with van der Waals surface area (Å²) in [6, 6.07) is 7.41. The Bertz CT molecular complexity index is 937. The number of hydrogen-bond acceptors (Lipinski definition) is 5. The highest BCUT2D eigenvalue weighted by molar-refractivity contribution is 6.31. The maximum absolute atomic E-state index is 12.4. The van der Waals surface area contributed by atoms with E-state index < -0.39 is 0 Å². The summed E-state index contributed by atoms with van der Waals surface area (Å²) in [6.07, 6.45) is 6.73. The second kappa shape index (κ2) is 6.76. The van der Waals surface area contributed by atoms with Crippen LogP contribution in [0.15, 0.2) is 49.3 Å². The number of carbonyl (C=O) groups is 1. The summed E-state index contributed by atoms with van der Waals surface area (Å²) in [5.74, 6) is 1.45. The Hall–Kier alpha value is -2.93. The van der Waals surface area contributed by atoms with Crippen LogP contribution in [0.25, 0.3) is 5.82 Å². The highest BCUT2D eigenvalue weighted by Gasteiger charge is 2.33. The Kier molecular flexibility index (Phi) is 4.30. The van der Waals surface area contributed by atoms with Crippen LogP contribution < -0.4 is 10.2 Å². The molecule has 3 heterocycles. The number of benzene rings is 1. The molecule has 7 nitrogen and oxygen atoms in total. The molecular formula is C18H17ClN6O. The Balaban J connectivity index is 1.38. The topological polar surface area (TPSA) is 75.9 Å². The SMILES string of the molecule is Cc1ccc(NC(=O)C2CN(c3cc(-n4ccnc4)ncn3)C2)cc1Cl. The van der Waals surface area contributed by atoms with E-state index >= 15 is 0 Å². The van der Waals surface area contributed by atoms with Crippen LogP contribution in [0.5, 0.6) is 0 Å². The van der Waals surface area contributed by atoms with Crippen LogP contribution >= 0.6 is 11.6 Å². The van der Waals surface area contributed by atoms with Crippen LogP contribution in [-0.2, 0) is 4.79 Å². The van der Waals surface area contributed by atoms with E-state index in [2.05, 4.69) is 25.2 Å². The first-order chi connectivity index (χ1) is 12.6. The number of nitrogens with one attached hydrogen (secondary N) is 1. The Morgan fingerprint density at radius 1 is 1.23 bits per heavy atom. The van der Waals surface area contributed by atoms with Gasteiger partial charge in [-0.25, -0.2) is 15.0 Å². The molecule has 0 spiro atoms. The maximum Gasteiger partial charge on any atom is 0.231 e. The highest BCUT2D eigenvalue weighted by Crippen LogP contribution is 2.26. The minimum absolute atomic E-state index is 0.00920. The van der Waals surface area contributed by atoms with Gasteiger partial charge in [-0.1, -0.05) is 17.7 Å². The maximum atomic E-state index is 12.4.